The predicted molar refractivity (Wildman–Crippen MR) is 98.6 cm³/mol. The van der Waals surface area contributed by atoms with E-state index in [2.05, 4.69) is 10.6 Å². The Morgan fingerprint density at radius 3 is 2.42 bits per heavy atom. The van der Waals surface area contributed by atoms with Crippen molar-refractivity contribution in [1.29, 1.82) is 0 Å². The Kier molecular flexibility index (Phi) is 5.31. The van der Waals surface area contributed by atoms with Crippen LogP contribution in [0, 0.1) is 0 Å². The highest BCUT2D eigenvalue weighted by molar-refractivity contribution is 6.05. The van der Waals surface area contributed by atoms with E-state index in [1.165, 1.54) is 4.90 Å². The van der Waals surface area contributed by atoms with E-state index in [0.717, 1.165) is 17.7 Å². The molecule has 1 aliphatic heterocycles. The lowest BCUT2D eigenvalue weighted by Gasteiger charge is -2.13. The number of anilines is 1. The first-order valence-corrected chi connectivity index (χ1v) is 8.65. The number of amides is 4. The Balaban J connectivity index is 1.63. The Labute approximate surface area is 152 Å². The largest absolute Gasteiger partial charge is 0.326 e. The van der Waals surface area contributed by atoms with Crippen molar-refractivity contribution in [2.75, 3.05) is 5.32 Å². The Hall–Kier alpha value is -3.15. The highest BCUT2D eigenvalue weighted by Gasteiger charge is 2.37. The molecular formula is C20H21N3O3. The number of para-hydroxylation sites is 1. The molecule has 2 aromatic carbocycles. The van der Waals surface area contributed by atoms with Gasteiger partial charge in [-0.25, -0.2) is 4.79 Å². The Morgan fingerprint density at radius 2 is 1.77 bits per heavy atom. The second-order valence-electron chi connectivity index (χ2n) is 6.23. The van der Waals surface area contributed by atoms with Crippen LogP contribution >= 0.6 is 0 Å². The molecule has 4 amide bonds. The molecule has 0 aliphatic carbocycles. The van der Waals surface area contributed by atoms with Gasteiger partial charge < -0.3 is 10.6 Å². The van der Waals surface area contributed by atoms with Crippen molar-refractivity contribution in [2.24, 2.45) is 0 Å². The number of imide groups is 1. The predicted octanol–water partition coefficient (Wildman–Crippen LogP) is 3.16. The molecule has 134 valence electrons. The number of nitrogens with zero attached hydrogens (tertiary/aromatic N) is 1. The maximum Gasteiger partial charge on any atom is 0.325 e. The van der Waals surface area contributed by atoms with Crippen molar-refractivity contribution in [3.8, 4) is 0 Å². The smallest absolute Gasteiger partial charge is 0.325 e. The van der Waals surface area contributed by atoms with E-state index in [1.807, 2.05) is 37.3 Å². The molecule has 0 radical (unpaired) electrons. The molecule has 6 nitrogen and oxygen atoms in total. The van der Waals surface area contributed by atoms with E-state index in [4.69, 9.17) is 0 Å². The average molecular weight is 351 g/mol. The number of carbonyl (C=O) groups is 3. The molecule has 1 aliphatic rings. The van der Waals surface area contributed by atoms with Gasteiger partial charge in [0.05, 0.1) is 6.54 Å². The molecule has 26 heavy (non-hydrogen) atoms. The molecule has 6 heteroatoms. The summed E-state index contributed by atoms with van der Waals surface area (Å²) in [6.45, 7) is 2.17. The molecule has 3 rings (SSSR count). The third-order valence-electron chi connectivity index (χ3n) is 4.27. The SMILES string of the molecule is CCC[C@H]1NC(=O)N(Cc2ccc(C(=O)Nc3ccccc3)cc2)C1=O. The van der Waals surface area contributed by atoms with Crippen LogP contribution in [0.15, 0.2) is 54.6 Å². The molecule has 1 fully saturated rings. The van der Waals surface area contributed by atoms with Gasteiger partial charge in [0.2, 0.25) is 0 Å². The highest BCUT2D eigenvalue weighted by Crippen LogP contribution is 2.16. The van der Waals surface area contributed by atoms with Gasteiger partial charge >= 0.3 is 6.03 Å². The summed E-state index contributed by atoms with van der Waals surface area (Å²) in [6, 6.07) is 15.3. The van der Waals surface area contributed by atoms with Crippen molar-refractivity contribution in [1.82, 2.24) is 10.2 Å². The van der Waals surface area contributed by atoms with E-state index < -0.39 is 6.04 Å². The summed E-state index contributed by atoms with van der Waals surface area (Å²) in [4.78, 5) is 37.7. The van der Waals surface area contributed by atoms with Crippen LogP contribution in [0.3, 0.4) is 0 Å². The van der Waals surface area contributed by atoms with Gasteiger partial charge in [0.25, 0.3) is 11.8 Å². The van der Waals surface area contributed by atoms with Crippen LogP contribution in [-0.2, 0) is 11.3 Å². The Bertz CT molecular complexity index is 803. The minimum Gasteiger partial charge on any atom is -0.326 e. The Morgan fingerprint density at radius 1 is 1.08 bits per heavy atom. The lowest BCUT2D eigenvalue weighted by atomic mass is 10.1. The van der Waals surface area contributed by atoms with Crippen LogP contribution in [-0.4, -0.2) is 28.8 Å². The minimum absolute atomic E-state index is 0.192. The lowest BCUT2D eigenvalue weighted by molar-refractivity contribution is -0.128. The van der Waals surface area contributed by atoms with Gasteiger partial charge in [0.15, 0.2) is 0 Å². The zero-order chi connectivity index (χ0) is 18.5. The number of urea groups is 1. The summed E-state index contributed by atoms with van der Waals surface area (Å²) < 4.78 is 0. The maximum atomic E-state index is 12.3. The van der Waals surface area contributed by atoms with E-state index >= 15 is 0 Å². The molecule has 2 aromatic rings. The molecule has 1 heterocycles. The quantitative estimate of drug-likeness (QED) is 0.785. The number of carbonyl (C=O) groups excluding carboxylic acids is 3. The summed E-state index contributed by atoms with van der Waals surface area (Å²) in [5.74, 6) is -0.400. The number of hydrogen-bond acceptors (Lipinski definition) is 3. The van der Waals surface area contributed by atoms with Crippen LogP contribution in [0.25, 0.3) is 0 Å². The van der Waals surface area contributed by atoms with Crippen molar-refractivity contribution in [2.45, 2.75) is 32.4 Å². The third kappa shape index (κ3) is 3.91. The van der Waals surface area contributed by atoms with Crippen LogP contribution in [0.2, 0.25) is 0 Å². The van der Waals surface area contributed by atoms with Crippen LogP contribution in [0.5, 0.6) is 0 Å². The fraction of sp³-hybridized carbons (Fsp3) is 0.250. The van der Waals surface area contributed by atoms with Crippen LogP contribution in [0.4, 0.5) is 10.5 Å². The second-order valence-corrected chi connectivity index (χ2v) is 6.23. The van der Waals surface area contributed by atoms with E-state index in [9.17, 15) is 14.4 Å². The first-order valence-electron chi connectivity index (χ1n) is 8.65. The van der Waals surface area contributed by atoms with Gasteiger partial charge in [0, 0.05) is 11.3 Å². The van der Waals surface area contributed by atoms with Crippen molar-refractivity contribution in [3.05, 3.63) is 65.7 Å². The minimum atomic E-state index is -0.427. The molecule has 0 bridgehead atoms. The van der Waals surface area contributed by atoms with Crippen LogP contribution < -0.4 is 10.6 Å². The van der Waals surface area contributed by atoms with Crippen molar-refractivity contribution < 1.29 is 14.4 Å². The second kappa shape index (κ2) is 7.82. The van der Waals surface area contributed by atoms with E-state index in [1.54, 1.807) is 24.3 Å². The molecule has 0 aromatic heterocycles. The normalized spacial score (nSPS) is 16.5. The molecule has 0 spiro atoms. The first-order chi connectivity index (χ1) is 12.6. The number of benzene rings is 2. The zero-order valence-electron chi connectivity index (χ0n) is 14.6. The van der Waals surface area contributed by atoms with E-state index in [0.29, 0.717) is 12.0 Å². The molecule has 0 unspecified atom stereocenters. The van der Waals surface area contributed by atoms with Crippen molar-refractivity contribution >= 4 is 23.5 Å². The summed E-state index contributed by atoms with van der Waals surface area (Å²) in [7, 11) is 0. The van der Waals surface area contributed by atoms with Crippen LogP contribution in [0.1, 0.15) is 35.7 Å². The standard InChI is InChI=1S/C20H21N3O3/c1-2-6-17-19(25)23(20(26)22-17)13-14-9-11-15(12-10-14)18(24)21-16-7-4-3-5-8-16/h3-5,7-12,17H,2,6,13H2,1H3,(H,21,24)(H,22,26)/t17-/m1/s1. The average Bonchev–Trinajstić information content (AvgIpc) is 2.91. The molecular weight excluding hydrogens is 330 g/mol. The maximum absolute atomic E-state index is 12.3. The van der Waals surface area contributed by atoms with Gasteiger partial charge in [-0.2, -0.15) is 0 Å². The first kappa shape index (κ1) is 17.7. The summed E-state index contributed by atoms with van der Waals surface area (Å²) in [5.41, 5.74) is 2.03. The molecule has 1 atom stereocenters. The number of rotatable bonds is 6. The summed E-state index contributed by atoms with van der Waals surface area (Å²) in [5, 5.41) is 5.52. The summed E-state index contributed by atoms with van der Waals surface area (Å²) >= 11 is 0. The topological polar surface area (TPSA) is 78.5 Å². The van der Waals surface area contributed by atoms with Gasteiger partial charge in [-0.15, -0.1) is 0 Å². The van der Waals surface area contributed by atoms with E-state index in [-0.39, 0.29) is 24.4 Å². The van der Waals surface area contributed by atoms with Gasteiger partial charge in [0.1, 0.15) is 6.04 Å². The summed E-state index contributed by atoms with van der Waals surface area (Å²) in [6.07, 6.45) is 1.47. The lowest BCUT2D eigenvalue weighted by Crippen LogP contribution is -2.31. The number of nitrogens with one attached hydrogen (secondary N) is 2. The third-order valence-corrected chi connectivity index (χ3v) is 4.27. The number of hydrogen-bond donors (Lipinski definition) is 2. The molecule has 0 saturated carbocycles. The zero-order valence-corrected chi connectivity index (χ0v) is 14.6. The van der Waals surface area contributed by atoms with Gasteiger partial charge in [-0.1, -0.05) is 43.7 Å². The van der Waals surface area contributed by atoms with Gasteiger partial charge in [-0.05, 0) is 36.2 Å². The molecule has 2 N–H and O–H groups in total. The fourth-order valence-corrected chi connectivity index (χ4v) is 2.88. The van der Waals surface area contributed by atoms with Gasteiger partial charge in [-0.3, -0.25) is 14.5 Å². The fourth-order valence-electron chi connectivity index (χ4n) is 2.88. The monoisotopic (exact) mass is 351 g/mol. The van der Waals surface area contributed by atoms with Crippen molar-refractivity contribution in [3.63, 3.8) is 0 Å². The molecule has 1 saturated heterocycles. The highest BCUT2D eigenvalue weighted by atomic mass is 16.2.